The van der Waals surface area contributed by atoms with Crippen LogP contribution in [-0.4, -0.2) is 14.7 Å². The molecule has 0 amide bonds. The van der Waals surface area contributed by atoms with E-state index in [1.54, 1.807) is 12.1 Å². The molecule has 3 nitrogen and oxygen atoms in total. The average Bonchev–Trinajstić information content (AvgIpc) is 2.68. The summed E-state index contributed by atoms with van der Waals surface area (Å²) < 4.78 is 2.03. The molecule has 3 aromatic rings. The normalized spacial score (nSPS) is 10.9. The van der Waals surface area contributed by atoms with E-state index >= 15 is 0 Å². The Morgan fingerprint density at radius 1 is 1.06 bits per heavy atom. The first kappa shape index (κ1) is 9.90. The van der Waals surface area contributed by atoms with Crippen molar-refractivity contribution in [3.05, 3.63) is 48.5 Å². The van der Waals surface area contributed by atoms with Crippen molar-refractivity contribution in [2.45, 2.75) is 0 Å². The van der Waals surface area contributed by atoms with Crippen molar-refractivity contribution in [3.8, 4) is 17.1 Å². The number of phenols is 1. The van der Waals surface area contributed by atoms with Gasteiger partial charge < -0.3 is 9.67 Å². The third kappa shape index (κ3) is 1.56. The number of hydrogen-bond donors (Lipinski definition) is 1. The van der Waals surface area contributed by atoms with Gasteiger partial charge in [0.05, 0.1) is 11.0 Å². The molecule has 0 aliphatic rings. The zero-order chi connectivity index (χ0) is 11.8. The number of nitrogens with zero attached hydrogens (tertiary/aromatic N) is 2. The molecule has 1 heterocycles. The minimum atomic E-state index is 0.259. The fourth-order valence-corrected chi connectivity index (χ4v) is 2.05. The molecular weight excluding hydrogens is 212 g/mol. The van der Waals surface area contributed by atoms with Crippen LogP contribution in [0.1, 0.15) is 0 Å². The Balaban J connectivity index is 2.27. The number of para-hydroxylation sites is 2. The van der Waals surface area contributed by atoms with Crippen LogP contribution in [0.3, 0.4) is 0 Å². The standard InChI is InChI=1S/C14H12N2O/c1-16-13-8-3-2-7-12(13)15-14(16)10-5-4-6-11(17)9-10/h2-9,17H,1H3. The second-order valence-corrected chi connectivity index (χ2v) is 4.03. The number of aromatic nitrogens is 2. The van der Waals surface area contributed by atoms with Gasteiger partial charge in [-0.05, 0) is 24.3 Å². The van der Waals surface area contributed by atoms with Crippen molar-refractivity contribution >= 4 is 11.0 Å². The number of aryl methyl sites for hydroxylation is 1. The van der Waals surface area contributed by atoms with E-state index in [1.807, 2.05) is 48.0 Å². The van der Waals surface area contributed by atoms with E-state index in [4.69, 9.17) is 0 Å². The van der Waals surface area contributed by atoms with E-state index in [0.29, 0.717) is 0 Å². The zero-order valence-electron chi connectivity index (χ0n) is 9.46. The Morgan fingerprint density at radius 2 is 1.88 bits per heavy atom. The first-order chi connectivity index (χ1) is 8.25. The quantitative estimate of drug-likeness (QED) is 0.690. The largest absolute Gasteiger partial charge is 0.508 e. The molecule has 0 saturated heterocycles. The van der Waals surface area contributed by atoms with Gasteiger partial charge in [-0.2, -0.15) is 0 Å². The molecule has 3 rings (SSSR count). The highest BCUT2D eigenvalue weighted by Crippen LogP contribution is 2.25. The molecule has 0 aliphatic heterocycles. The van der Waals surface area contributed by atoms with Crippen molar-refractivity contribution in [1.82, 2.24) is 9.55 Å². The molecular formula is C14H12N2O. The van der Waals surface area contributed by atoms with Gasteiger partial charge in [0.2, 0.25) is 0 Å². The summed E-state index contributed by atoms with van der Waals surface area (Å²) >= 11 is 0. The number of benzene rings is 2. The van der Waals surface area contributed by atoms with Gasteiger partial charge in [0.1, 0.15) is 11.6 Å². The minimum absolute atomic E-state index is 0.259. The van der Waals surface area contributed by atoms with Gasteiger partial charge in [0.25, 0.3) is 0 Å². The SMILES string of the molecule is Cn1c(-c2cccc(O)c2)nc2ccccc21. The zero-order valence-corrected chi connectivity index (χ0v) is 9.46. The number of hydrogen-bond acceptors (Lipinski definition) is 2. The van der Waals surface area contributed by atoms with Gasteiger partial charge in [0.15, 0.2) is 0 Å². The molecule has 0 fully saturated rings. The van der Waals surface area contributed by atoms with Crippen LogP contribution < -0.4 is 0 Å². The van der Waals surface area contributed by atoms with E-state index < -0.39 is 0 Å². The number of phenolic OH excluding ortho intramolecular Hbond substituents is 1. The van der Waals surface area contributed by atoms with Gasteiger partial charge in [-0.15, -0.1) is 0 Å². The Morgan fingerprint density at radius 3 is 2.65 bits per heavy atom. The molecule has 2 aromatic carbocycles. The molecule has 17 heavy (non-hydrogen) atoms. The minimum Gasteiger partial charge on any atom is -0.508 e. The molecule has 0 bridgehead atoms. The Kier molecular flexibility index (Phi) is 2.11. The number of fused-ring (bicyclic) bond motifs is 1. The monoisotopic (exact) mass is 224 g/mol. The van der Waals surface area contributed by atoms with Crippen LogP contribution >= 0.6 is 0 Å². The van der Waals surface area contributed by atoms with Crippen molar-refractivity contribution in [3.63, 3.8) is 0 Å². The summed E-state index contributed by atoms with van der Waals surface area (Å²) in [6.45, 7) is 0. The van der Waals surface area contributed by atoms with Crippen LogP contribution in [0.15, 0.2) is 48.5 Å². The summed E-state index contributed by atoms with van der Waals surface area (Å²) in [5, 5.41) is 9.50. The highest BCUT2D eigenvalue weighted by molar-refractivity contribution is 5.80. The lowest BCUT2D eigenvalue weighted by Gasteiger charge is -2.02. The first-order valence-electron chi connectivity index (χ1n) is 5.46. The maximum atomic E-state index is 9.50. The predicted octanol–water partition coefficient (Wildman–Crippen LogP) is 2.95. The average molecular weight is 224 g/mol. The van der Waals surface area contributed by atoms with E-state index in [-0.39, 0.29) is 5.75 Å². The number of aromatic hydroxyl groups is 1. The van der Waals surface area contributed by atoms with Crippen LogP contribution in [0.4, 0.5) is 0 Å². The fraction of sp³-hybridized carbons (Fsp3) is 0.0714. The van der Waals surface area contributed by atoms with Gasteiger partial charge in [-0.1, -0.05) is 24.3 Å². The van der Waals surface area contributed by atoms with E-state index in [0.717, 1.165) is 22.4 Å². The smallest absolute Gasteiger partial charge is 0.140 e. The van der Waals surface area contributed by atoms with Crippen LogP contribution in [0.5, 0.6) is 5.75 Å². The highest BCUT2D eigenvalue weighted by atomic mass is 16.3. The van der Waals surface area contributed by atoms with Gasteiger partial charge in [-0.25, -0.2) is 4.98 Å². The third-order valence-corrected chi connectivity index (χ3v) is 2.89. The summed E-state index contributed by atoms with van der Waals surface area (Å²) in [6, 6.07) is 15.1. The third-order valence-electron chi connectivity index (χ3n) is 2.89. The summed E-state index contributed by atoms with van der Waals surface area (Å²) in [4.78, 5) is 4.58. The van der Waals surface area contributed by atoms with Crippen molar-refractivity contribution in [2.24, 2.45) is 7.05 Å². The van der Waals surface area contributed by atoms with E-state index in [2.05, 4.69) is 4.98 Å². The number of rotatable bonds is 1. The maximum absolute atomic E-state index is 9.50. The molecule has 0 spiro atoms. The molecule has 0 saturated carbocycles. The molecule has 0 aliphatic carbocycles. The summed E-state index contributed by atoms with van der Waals surface area (Å²) in [5.74, 6) is 1.12. The van der Waals surface area contributed by atoms with E-state index in [9.17, 15) is 5.11 Å². The van der Waals surface area contributed by atoms with Crippen molar-refractivity contribution in [1.29, 1.82) is 0 Å². The Hall–Kier alpha value is -2.29. The van der Waals surface area contributed by atoms with Crippen molar-refractivity contribution in [2.75, 3.05) is 0 Å². The molecule has 0 radical (unpaired) electrons. The highest BCUT2D eigenvalue weighted by Gasteiger charge is 2.09. The lowest BCUT2D eigenvalue weighted by Crippen LogP contribution is -1.91. The lowest BCUT2D eigenvalue weighted by atomic mass is 10.2. The summed E-state index contributed by atoms with van der Waals surface area (Å²) in [7, 11) is 1.98. The molecule has 1 N–H and O–H groups in total. The van der Waals surface area contributed by atoms with Crippen LogP contribution in [-0.2, 0) is 7.05 Å². The summed E-state index contributed by atoms with van der Waals surface area (Å²) in [6.07, 6.45) is 0. The first-order valence-corrected chi connectivity index (χ1v) is 5.46. The second kappa shape index (κ2) is 3.63. The molecule has 0 atom stereocenters. The second-order valence-electron chi connectivity index (χ2n) is 4.03. The van der Waals surface area contributed by atoms with Gasteiger partial charge in [0, 0.05) is 12.6 Å². The van der Waals surface area contributed by atoms with Gasteiger partial charge in [-0.3, -0.25) is 0 Å². The topological polar surface area (TPSA) is 38.0 Å². The molecule has 3 heteroatoms. The summed E-state index contributed by atoms with van der Waals surface area (Å²) in [5.41, 5.74) is 2.97. The Bertz CT molecular complexity index is 686. The molecule has 84 valence electrons. The van der Waals surface area contributed by atoms with Gasteiger partial charge >= 0.3 is 0 Å². The van der Waals surface area contributed by atoms with Crippen LogP contribution in [0.2, 0.25) is 0 Å². The van der Waals surface area contributed by atoms with Crippen LogP contribution in [0.25, 0.3) is 22.4 Å². The molecule has 1 aromatic heterocycles. The molecule has 0 unspecified atom stereocenters. The lowest BCUT2D eigenvalue weighted by molar-refractivity contribution is 0.475. The predicted molar refractivity (Wildman–Crippen MR) is 67.8 cm³/mol. The van der Waals surface area contributed by atoms with Crippen LogP contribution in [0, 0.1) is 0 Å². The maximum Gasteiger partial charge on any atom is 0.140 e. The van der Waals surface area contributed by atoms with Crippen molar-refractivity contribution < 1.29 is 5.11 Å². The van der Waals surface area contributed by atoms with E-state index in [1.165, 1.54) is 0 Å². The fourth-order valence-electron chi connectivity index (χ4n) is 2.05. The Labute approximate surface area is 99.0 Å². The number of imidazole rings is 1.